The van der Waals surface area contributed by atoms with Gasteiger partial charge in [-0.25, -0.2) is 9.59 Å². The summed E-state index contributed by atoms with van der Waals surface area (Å²) in [4.78, 5) is 28.4. The van der Waals surface area contributed by atoms with Gasteiger partial charge >= 0.3 is 12.0 Å². The van der Waals surface area contributed by atoms with Crippen molar-refractivity contribution in [1.82, 2.24) is 4.90 Å². The highest BCUT2D eigenvalue weighted by atomic mass is 16.5. The van der Waals surface area contributed by atoms with Crippen LogP contribution in [-0.4, -0.2) is 56.8 Å². The van der Waals surface area contributed by atoms with E-state index in [1.54, 1.807) is 36.3 Å². The Morgan fingerprint density at radius 2 is 1.62 bits per heavy atom. The number of amides is 2. The highest BCUT2D eigenvalue weighted by molar-refractivity contribution is 5.92. The first-order chi connectivity index (χ1) is 14.1. The summed E-state index contributed by atoms with van der Waals surface area (Å²) < 4.78 is 10.3. The molecular weight excluding hydrogens is 370 g/mol. The Kier molecular flexibility index (Phi) is 6.94. The van der Waals surface area contributed by atoms with E-state index in [2.05, 4.69) is 10.2 Å². The van der Waals surface area contributed by atoms with Crippen molar-refractivity contribution >= 4 is 23.4 Å². The largest absolute Gasteiger partial charge is 0.497 e. The predicted octanol–water partition coefficient (Wildman–Crippen LogP) is 3.62. The summed E-state index contributed by atoms with van der Waals surface area (Å²) in [6.45, 7) is 5.16. The number of urea groups is 1. The molecule has 154 valence electrons. The molecule has 2 aromatic rings. The summed E-state index contributed by atoms with van der Waals surface area (Å²) in [6, 6.07) is 14.6. The van der Waals surface area contributed by atoms with Crippen molar-refractivity contribution in [2.75, 3.05) is 50.1 Å². The van der Waals surface area contributed by atoms with Crippen molar-refractivity contribution in [3.05, 3.63) is 54.1 Å². The van der Waals surface area contributed by atoms with Crippen LogP contribution in [0.15, 0.2) is 48.5 Å². The molecule has 1 aliphatic heterocycles. The van der Waals surface area contributed by atoms with Gasteiger partial charge in [0.1, 0.15) is 5.75 Å². The van der Waals surface area contributed by atoms with Gasteiger partial charge in [-0.1, -0.05) is 6.92 Å². The molecule has 0 radical (unpaired) electrons. The van der Waals surface area contributed by atoms with Crippen molar-refractivity contribution in [1.29, 1.82) is 0 Å². The van der Waals surface area contributed by atoms with Crippen molar-refractivity contribution < 1.29 is 19.1 Å². The highest BCUT2D eigenvalue weighted by Gasteiger charge is 2.21. The second-order valence-electron chi connectivity index (χ2n) is 6.82. The topological polar surface area (TPSA) is 71.1 Å². The predicted molar refractivity (Wildman–Crippen MR) is 113 cm³/mol. The molecule has 0 atom stereocenters. The van der Waals surface area contributed by atoms with Crippen LogP contribution in [0.4, 0.5) is 16.2 Å². The molecule has 2 aromatic carbocycles. The Labute approximate surface area is 171 Å². The average Bonchev–Trinajstić information content (AvgIpc) is 2.78. The van der Waals surface area contributed by atoms with Crippen LogP contribution in [0.1, 0.15) is 23.7 Å². The Bertz CT molecular complexity index is 813. The number of carbonyl (C=O) groups is 2. The van der Waals surface area contributed by atoms with Crippen LogP contribution in [0.5, 0.6) is 5.75 Å². The molecule has 0 aliphatic carbocycles. The van der Waals surface area contributed by atoms with Crippen LogP contribution in [0, 0.1) is 0 Å². The summed E-state index contributed by atoms with van der Waals surface area (Å²) in [5.74, 6) is 0.482. The lowest BCUT2D eigenvalue weighted by Gasteiger charge is -2.36. The van der Waals surface area contributed by atoms with E-state index in [4.69, 9.17) is 9.47 Å². The standard InChI is InChI=1S/C22H27N3O4/c1-3-16-29-21(26)17-4-6-18(7-5-17)23-22(27)25-14-12-24(13-15-25)19-8-10-20(28-2)11-9-19/h4-11H,3,12-16H2,1-2H3,(H,23,27). The number of piperazine rings is 1. The zero-order valence-corrected chi connectivity index (χ0v) is 16.9. The lowest BCUT2D eigenvalue weighted by Crippen LogP contribution is -2.50. The first-order valence-electron chi connectivity index (χ1n) is 9.83. The number of anilines is 2. The van der Waals surface area contributed by atoms with Gasteiger partial charge in [0.05, 0.1) is 19.3 Å². The Morgan fingerprint density at radius 3 is 2.21 bits per heavy atom. The minimum absolute atomic E-state index is 0.138. The van der Waals surface area contributed by atoms with Gasteiger partial charge in [-0.15, -0.1) is 0 Å². The summed E-state index contributed by atoms with van der Waals surface area (Å²) in [7, 11) is 1.65. The third-order valence-electron chi connectivity index (χ3n) is 4.81. The van der Waals surface area contributed by atoms with Crippen molar-refractivity contribution in [2.24, 2.45) is 0 Å². The molecule has 1 aliphatic rings. The smallest absolute Gasteiger partial charge is 0.338 e. The molecule has 0 aromatic heterocycles. The maximum Gasteiger partial charge on any atom is 0.338 e. The number of hydrogen-bond acceptors (Lipinski definition) is 5. The molecule has 0 bridgehead atoms. The number of carbonyl (C=O) groups excluding carboxylic acids is 2. The van der Waals surface area contributed by atoms with Gasteiger partial charge in [-0.3, -0.25) is 0 Å². The highest BCUT2D eigenvalue weighted by Crippen LogP contribution is 2.21. The van der Waals surface area contributed by atoms with Crippen LogP contribution in [-0.2, 0) is 4.74 Å². The molecular formula is C22H27N3O4. The molecule has 2 amide bonds. The summed E-state index contributed by atoms with van der Waals surface area (Å²) in [5.41, 5.74) is 2.25. The number of nitrogens with one attached hydrogen (secondary N) is 1. The molecule has 0 spiro atoms. The first kappa shape index (κ1) is 20.5. The van der Waals surface area contributed by atoms with E-state index in [0.29, 0.717) is 30.9 Å². The summed E-state index contributed by atoms with van der Waals surface area (Å²) in [5, 5.41) is 2.89. The van der Waals surface area contributed by atoms with E-state index >= 15 is 0 Å². The molecule has 1 heterocycles. The zero-order valence-electron chi connectivity index (χ0n) is 16.9. The quantitative estimate of drug-likeness (QED) is 0.754. The van der Waals surface area contributed by atoms with E-state index in [9.17, 15) is 9.59 Å². The fourth-order valence-corrected chi connectivity index (χ4v) is 3.13. The molecule has 7 nitrogen and oxygen atoms in total. The van der Waals surface area contributed by atoms with Crippen molar-refractivity contribution in [3.8, 4) is 5.75 Å². The summed E-state index contributed by atoms with van der Waals surface area (Å²) in [6.07, 6.45) is 0.783. The SMILES string of the molecule is CCCOC(=O)c1ccc(NC(=O)N2CCN(c3ccc(OC)cc3)CC2)cc1. The zero-order chi connectivity index (χ0) is 20.6. The lowest BCUT2D eigenvalue weighted by atomic mass is 10.2. The fourth-order valence-electron chi connectivity index (χ4n) is 3.13. The molecule has 0 saturated carbocycles. The van der Waals surface area contributed by atoms with Gasteiger partial charge in [-0.2, -0.15) is 0 Å². The first-order valence-corrected chi connectivity index (χ1v) is 9.83. The Hall–Kier alpha value is -3.22. The minimum atomic E-state index is -0.348. The lowest BCUT2D eigenvalue weighted by molar-refractivity contribution is 0.0505. The van der Waals surface area contributed by atoms with E-state index in [1.807, 2.05) is 31.2 Å². The van der Waals surface area contributed by atoms with Crippen LogP contribution < -0.4 is 15.0 Å². The number of ether oxygens (including phenoxy) is 2. The number of methoxy groups -OCH3 is 1. The second kappa shape index (κ2) is 9.82. The maximum absolute atomic E-state index is 12.5. The monoisotopic (exact) mass is 397 g/mol. The van der Waals surface area contributed by atoms with Crippen LogP contribution >= 0.6 is 0 Å². The van der Waals surface area contributed by atoms with E-state index in [-0.39, 0.29) is 12.0 Å². The average molecular weight is 397 g/mol. The van der Waals surface area contributed by atoms with Gasteiger partial charge < -0.3 is 24.6 Å². The molecule has 1 fully saturated rings. The Balaban J connectivity index is 1.49. The summed E-state index contributed by atoms with van der Waals surface area (Å²) >= 11 is 0. The molecule has 1 N–H and O–H groups in total. The van der Waals surface area contributed by atoms with Crippen LogP contribution in [0.3, 0.4) is 0 Å². The van der Waals surface area contributed by atoms with E-state index < -0.39 is 0 Å². The fraction of sp³-hybridized carbons (Fsp3) is 0.364. The number of rotatable bonds is 6. The molecule has 3 rings (SSSR count). The van der Waals surface area contributed by atoms with Gasteiger partial charge in [0.15, 0.2) is 0 Å². The van der Waals surface area contributed by atoms with Crippen molar-refractivity contribution in [2.45, 2.75) is 13.3 Å². The maximum atomic E-state index is 12.5. The van der Waals surface area contributed by atoms with E-state index in [0.717, 1.165) is 30.9 Å². The molecule has 7 heteroatoms. The third kappa shape index (κ3) is 5.40. The number of esters is 1. The molecule has 0 unspecified atom stereocenters. The van der Waals surface area contributed by atoms with Gasteiger partial charge in [0, 0.05) is 37.6 Å². The van der Waals surface area contributed by atoms with Gasteiger partial charge in [-0.05, 0) is 55.0 Å². The minimum Gasteiger partial charge on any atom is -0.497 e. The third-order valence-corrected chi connectivity index (χ3v) is 4.81. The Morgan fingerprint density at radius 1 is 0.966 bits per heavy atom. The van der Waals surface area contributed by atoms with Crippen LogP contribution in [0.2, 0.25) is 0 Å². The molecule has 1 saturated heterocycles. The second-order valence-corrected chi connectivity index (χ2v) is 6.82. The number of hydrogen-bond donors (Lipinski definition) is 1. The van der Waals surface area contributed by atoms with Gasteiger partial charge in [0.2, 0.25) is 0 Å². The number of nitrogens with zero attached hydrogens (tertiary/aromatic N) is 2. The van der Waals surface area contributed by atoms with Crippen LogP contribution in [0.25, 0.3) is 0 Å². The number of benzene rings is 2. The van der Waals surface area contributed by atoms with Gasteiger partial charge in [0.25, 0.3) is 0 Å². The van der Waals surface area contributed by atoms with Crippen molar-refractivity contribution in [3.63, 3.8) is 0 Å². The normalized spacial score (nSPS) is 13.7. The van der Waals surface area contributed by atoms with E-state index in [1.165, 1.54) is 0 Å². The molecule has 29 heavy (non-hydrogen) atoms.